The third-order valence-electron chi connectivity index (χ3n) is 4.68. The number of para-hydroxylation sites is 1. The summed E-state index contributed by atoms with van der Waals surface area (Å²) in [6.45, 7) is 2.31. The smallest absolute Gasteiger partial charge is 0.295 e. The molecule has 5 nitrogen and oxygen atoms in total. The van der Waals surface area contributed by atoms with E-state index in [2.05, 4.69) is 10.6 Å². The molecule has 3 rings (SSSR count). The lowest BCUT2D eigenvalue weighted by Gasteiger charge is -2.14. The number of nitrogens with one attached hydrogen (secondary N) is 2. The van der Waals surface area contributed by atoms with E-state index < -0.39 is 0 Å². The van der Waals surface area contributed by atoms with Crippen LogP contribution in [0.1, 0.15) is 11.3 Å². The van der Waals surface area contributed by atoms with Gasteiger partial charge in [-0.2, -0.15) is 0 Å². The van der Waals surface area contributed by atoms with Gasteiger partial charge in [0.05, 0.1) is 16.8 Å². The van der Waals surface area contributed by atoms with Crippen molar-refractivity contribution in [3.05, 3.63) is 81.2 Å². The van der Waals surface area contributed by atoms with Gasteiger partial charge in [0.2, 0.25) is 0 Å². The van der Waals surface area contributed by atoms with Crippen LogP contribution in [0.25, 0.3) is 5.69 Å². The van der Waals surface area contributed by atoms with Gasteiger partial charge < -0.3 is 10.6 Å². The monoisotopic (exact) mass is 448 g/mol. The first kappa shape index (κ1) is 21.4. The van der Waals surface area contributed by atoms with Gasteiger partial charge in [-0.05, 0) is 49.3 Å². The molecule has 2 aromatic carbocycles. The summed E-state index contributed by atoms with van der Waals surface area (Å²) in [6.07, 6.45) is 0.613. The van der Waals surface area contributed by atoms with E-state index in [1.54, 1.807) is 9.36 Å². The van der Waals surface area contributed by atoms with Gasteiger partial charge in [-0.3, -0.25) is 9.48 Å². The minimum absolute atomic E-state index is 0.168. The minimum atomic E-state index is -0.201. The first-order chi connectivity index (χ1) is 13.9. The Balaban J connectivity index is 1.65. The summed E-state index contributed by atoms with van der Waals surface area (Å²) in [7, 11) is 1.84. The highest BCUT2D eigenvalue weighted by molar-refractivity contribution is 7.80. The number of nitrogens with zero attached hydrogens (tertiary/aromatic N) is 2. The van der Waals surface area contributed by atoms with E-state index >= 15 is 0 Å². The molecule has 0 amide bonds. The Morgan fingerprint density at radius 2 is 1.79 bits per heavy atom. The Labute approximate surface area is 185 Å². The molecule has 152 valence electrons. The highest BCUT2D eigenvalue weighted by atomic mass is 35.5. The number of rotatable bonds is 6. The highest BCUT2D eigenvalue weighted by Crippen LogP contribution is 2.18. The summed E-state index contributed by atoms with van der Waals surface area (Å²) < 4.78 is 3.40. The topological polar surface area (TPSA) is 51.0 Å². The molecular formula is C21H22Cl2N4OS. The van der Waals surface area contributed by atoms with Crippen molar-refractivity contribution in [3.63, 3.8) is 0 Å². The number of benzene rings is 2. The van der Waals surface area contributed by atoms with Crippen molar-refractivity contribution < 1.29 is 0 Å². The van der Waals surface area contributed by atoms with Crippen LogP contribution in [0.3, 0.4) is 0 Å². The van der Waals surface area contributed by atoms with Crippen LogP contribution in [0.4, 0.5) is 5.69 Å². The maximum Gasteiger partial charge on any atom is 0.295 e. The molecule has 1 unspecified atom stereocenters. The number of aromatic nitrogens is 2. The van der Waals surface area contributed by atoms with Crippen molar-refractivity contribution in [2.45, 2.75) is 18.7 Å². The van der Waals surface area contributed by atoms with Crippen LogP contribution in [-0.4, -0.2) is 26.4 Å². The number of anilines is 1. The molecule has 0 radical (unpaired) electrons. The van der Waals surface area contributed by atoms with Crippen LogP contribution in [0.15, 0.2) is 59.4 Å². The number of alkyl halides is 1. The third kappa shape index (κ3) is 5.01. The Bertz CT molecular complexity index is 1060. The fraction of sp³-hybridized carbons (Fsp3) is 0.238. The number of hydrogen-bond acceptors (Lipinski definition) is 2. The van der Waals surface area contributed by atoms with Gasteiger partial charge >= 0.3 is 0 Å². The Morgan fingerprint density at radius 1 is 1.14 bits per heavy atom. The predicted octanol–water partition coefficient (Wildman–Crippen LogP) is 4.27. The lowest BCUT2D eigenvalue weighted by atomic mass is 10.1. The molecule has 0 saturated carbocycles. The quantitative estimate of drug-likeness (QED) is 0.436. The number of halogens is 2. The molecule has 29 heavy (non-hydrogen) atoms. The van der Waals surface area contributed by atoms with Crippen LogP contribution in [-0.2, 0) is 13.5 Å². The standard InChI is InChI=1S/C21H22Cl2N4OS/c1-14-19(20(28)27(26(14)2)17-9-4-3-5-10-17)25-21(29)24-13-16(22)12-15-8-6-7-11-18(15)23/h3-11,16H,12-13H2,1-2H3,(H2,24,25,29). The van der Waals surface area contributed by atoms with Gasteiger partial charge in [0.1, 0.15) is 5.69 Å². The zero-order valence-electron chi connectivity index (χ0n) is 16.2. The second-order valence-electron chi connectivity index (χ2n) is 6.66. The second-order valence-corrected chi connectivity index (χ2v) is 8.10. The van der Waals surface area contributed by atoms with Crippen molar-refractivity contribution in [1.29, 1.82) is 0 Å². The summed E-state index contributed by atoms with van der Waals surface area (Å²) in [5.41, 5.74) is 2.82. The molecular weight excluding hydrogens is 427 g/mol. The first-order valence-electron chi connectivity index (χ1n) is 9.15. The first-order valence-corrected chi connectivity index (χ1v) is 10.4. The molecule has 0 spiro atoms. The number of thiocarbonyl (C=S) groups is 1. The van der Waals surface area contributed by atoms with Gasteiger partial charge in [-0.15, -0.1) is 11.6 Å². The molecule has 0 aliphatic carbocycles. The molecule has 0 saturated heterocycles. The van der Waals surface area contributed by atoms with E-state index in [-0.39, 0.29) is 10.9 Å². The van der Waals surface area contributed by atoms with Gasteiger partial charge in [0.25, 0.3) is 5.56 Å². The van der Waals surface area contributed by atoms with Gasteiger partial charge in [0, 0.05) is 18.6 Å². The molecule has 0 aliphatic heterocycles. The molecule has 3 aromatic rings. The molecule has 0 aliphatic rings. The third-order valence-corrected chi connectivity index (χ3v) is 5.60. The minimum Gasteiger partial charge on any atom is -0.361 e. The molecule has 8 heteroatoms. The molecule has 0 bridgehead atoms. The van der Waals surface area contributed by atoms with Crippen molar-refractivity contribution >= 4 is 46.2 Å². The fourth-order valence-corrected chi connectivity index (χ4v) is 3.69. The summed E-state index contributed by atoms with van der Waals surface area (Å²) in [4.78, 5) is 12.9. The van der Waals surface area contributed by atoms with Crippen molar-refractivity contribution in [2.75, 3.05) is 11.9 Å². The van der Waals surface area contributed by atoms with Gasteiger partial charge in [-0.25, -0.2) is 4.68 Å². The van der Waals surface area contributed by atoms with E-state index in [4.69, 9.17) is 35.4 Å². The van der Waals surface area contributed by atoms with E-state index in [9.17, 15) is 4.79 Å². The molecule has 1 atom stereocenters. The normalized spacial score (nSPS) is 11.9. The van der Waals surface area contributed by atoms with Crippen molar-refractivity contribution in [3.8, 4) is 5.69 Å². The van der Waals surface area contributed by atoms with Crippen molar-refractivity contribution in [2.24, 2.45) is 7.05 Å². The van der Waals surface area contributed by atoms with Gasteiger partial charge in [0.15, 0.2) is 5.11 Å². The maximum absolute atomic E-state index is 12.9. The van der Waals surface area contributed by atoms with Crippen LogP contribution < -0.4 is 16.2 Å². The van der Waals surface area contributed by atoms with Gasteiger partial charge in [-0.1, -0.05) is 48.0 Å². The average Bonchev–Trinajstić information content (AvgIpc) is 2.92. The Morgan fingerprint density at radius 3 is 2.48 bits per heavy atom. The van der Waals surface area contributed by atoms with Crippen molar-refractivity contribution in [1.82, 2.24) is 14.7 Å². The largest absolute Gasteiger partial charge is 0.361 e. The zero-order chi connectivity index (χ0) is 21.0. The second kappa shape index (κ2) is 9.48. The van der Waals surface area contributed by atoms with Crippen LogP contribution >= 0.6 is 35.4 Å². The summed E-state index contributed by atoms with van der Waals surface area (Å²) in [6, 6.07) is 17.1. The zero-order valence-corrected chi connectivity index (χ0v) is 18.5. The number of hydrogen-bond donors (Lipinski definition) is 2. The van der Waals surface area contributed by atoms with Crippen LogP contribution in [0.2, 0.25) is 5.02 Å². The molecule has 1 heterocycles. The lowest BCUT2D eigenvalue weighted by Crippen LogP contribution is -2.35. The highest BCUT2D eigenvalue weighted by Gasteiger charge is 2.17. The van der Waals surface area contributed by atoms with E-state index in [0.717, 1.165) is 16.9 Å². The summed E-state index contributed by atoms with van der Waals surface area (Å²) >= 11 is 18.0. The molecule has 1 aromatic heterocycles. The summed E-state index contributed by atoms with van der Waals surface area (Å²) in [5.74, 6) is 0. The predicted molar refractivity (Wildman–Crippen MR) is 125 cm³/mol. The van der Waals surface area contributed by atoms with E-state index in [1.165, 1.54) is 0 Å². The molecule has 2 N–H and O–H groups in total. The van der Waals surface area contributed by atoms with Crippen LogP contribution in [0.5, 0.6) is 0 Å². The van der Waals surface area contributed by atoms with Crippen LogP contribution in [0, 0.1) is 6.92 Å². The fourth-order valence-electron chi connectivity index (χ4n) is 3.05. The lowest BCUT2D eigenvalue weighted by molar-refractivity contribution is 0.630. The Hall–Kier alpha value is -2.28. The molecule has 0 fully saturated rings. The SMILES string of the molecule is Cc1c(NC(=S)NCC(Cl)Cc2ccccc2Cl)c(=O)n(-c2ccccc2)n1C. The van der Waals surface area contributed by atoms with E-state index in [0.29, 0.717) is 28.8 Å². The summed E-state index contributed by atoms with van der Waals surface area (Å²) in [5, 5.41) is 6.94. The average molecular weight is 449 g/mol. The maximum atomic E-state index is 12.9. The Kier molecular flexibility index (Phi) is 7.00. The van der Waals surface area contributed by atoms with E-state index in [1.807, 2.05) is 68.6 Å².